The molecule has 1 saturated carbocycles. The Kier molecular flexibility index (Phi) is 4.82. The summed E-state index contributed by atoms with van der Waals surface area (Å²) in [5.41, 5.74) is 1.51. The number of carbonyl (C=O) groups excluding carboxylic acids is 1. The number of hydrogen-bond donors (Lipinski definition) is 0. The maximum atomic E-state index is 13.2. The van der Waals surface area contributed by atoms with Gasteiger partial charge in [-0.15, -0.1) is 0 Å². The summed E-state index contributed by atoms with van der Waals surface area (Å²) in [6.07, 6.45) is 5.35. The lowest BCUT2D eigenvalue weighted by molar-refractivity contribution is 0.0720. The predicted molar refractivity (Wildman–Crippen MR) is 103 cm³/mol. The van der Waals surface area contributed by atoms with E-state index in [2.05, 4.69) is 0 Å². The maximum Gasteiger partial charge on any atom is 0.271 e. The van der Waals surface area contributed by atoms with E-state index >= 15 is 0 Å². The highest BCUT2D eigenvalue weighted by Crippen LogP contribution is 2.31. The van der Waals surface area contributed by atoms with Gasteiger partial charge in [-0.1, -0.05) is 30.3 Å². The Morgan fingerprint density at radius 2 is 1.81 bits per heavy atom. The van der Waals surface area contributed by atoms with Crippen LogP contribution in [0, 0.1) is 0 Å². The first-order valence-corrected chi connectivity index (χ1v) is 10.9. The van der Waals surface area contributed by atoms with Crippen molar-refractivity contribution in [3.05, 3.63) is 53.9 Å². The third-order valence-corrected chi connectivity index (χ3v) is 7.21. The van der Waals surface area contributed by atoms with Crippen molar-refractivity contribution in [1.29, 1.82) is 0 Å². The molecule has 1 saturated heterocycles. The number of carbonyl (C=O) groups is 1. The largest absolute Gasteiger partial charge is 0.345 e. The molecule has 1 aliphatic carbocycles. The van der Waals surface area contributed by atoms with Crippen LogP contribution >= 0.6 is 0 Å². The number of rotatable bonds is 6. The smallest absolute Gasteiger partial charge is 0.271 e. The molecule has 0 atom stereocenters. The lowest BCUT2D eigenvalue weighted by atomic mass is 10.2. The fraction of sp³-hybridized carbons (Fsp3) is 0.450. The highest BCUT2D eigenvalue weighted by molar-refractivity contribution is 7.89. The van der Waals surface area contributed by atoms with Crippen LogP contribution < -0.4 is 0 Å². The van der Waals surface area contributed by atoms with Crippen LogP contribution in [0.4, 0.5) is 0 Å². The summed E-state index contributed by atoms with van der Waals surface area (Å²) >= 11 is 0. The molecule has 0 spiro atoms. The van der Waals surface area contributed by atoms with E-state index in [0.717, 1.165) is 31.2 Å². The molecule has 1 aromatic heterocycles. The molecule has 2 fully saturated rings. The van der Waals surface area contributed by atoms with Gasteiger partial charge in [-0.25, -0.2) is 8.42 Å². The molecule has 4 rings (SSSR count). The Morgan fingerprint density at radius 1 is 1.15 bits per heavy atom. The van der Waals surface area contributed by atoms with Gasteiger partial charge in [0.15, 0.2) is 0 Å². The lowest BCUT2D eigenvalue weighted by Gasteiger charge is -2.22. The highest BCUT2D eigenvalue weighted by atomic mass is 32.2. The van der Waals surface area contributed by atoms with Crippen molar-refractivity contribution in [3.63, 3.8) is 0 Å². The summed E-state index contributed by atoms with van der Waals surface area (Å²) < 4.78 is 28.8. The molecule has 1 aliphatic heterocycles. The molecule has 144 valence electrons. The molecule has 7 heteroatoms. The van der Waals surface area contributed by atoms with E-state index in [0.29, 0.717) is 25.3 Å². The van der Waals surface area contributed by atoms with Crippen LogP contribution in [0.1, 0.15) is 41.7 Å². The van der Waals surface area contributed by atoms with E-state index in [9.17, 15) is 13.2 Å². The summed E-state index contributed by atoms with van der Waals surface area (Å²) in [5.74, 6) is -0.105. The van der Waals surface area contributed by atoms with Gasteiger partial charge in [0.05, 0.1) is 0 Å². The quantitative estimate of drug-likeness (QED) is 0.765. The third kappa shape index (κ3) is 3.66. The predicted octanol–water partition coefficient (Wildman–Crippen LogP) is 2.61. The van der Waals surface area contributed by atoms with Crippen molar-refractivity contribution in [1.82, 2.24) is 13.8 Å². The molecule has 2 aromatic rings. The first-order chi connectivity index (χ1) is 13.0. The Hall–Kier alpha value is -2.12. The molecule has 0 unspecified atom stereocenters. The van der Waals surface area contributed by atoms with Gasteiger partial charge in [-0.2, -0.15) is 4.31 Å². The van der Waals surface area contributed by atoms with Crippen molar-refractivity contribution in [2.45, 2.75) is 43.2 Å². The molecule has 1 amide bonds. The van der Waals surface area contributed by atoms with E-state index < -0.39 is 10.0 Å². The van der Waals surface area contributed by atoms with Crippen molar-refractivity contribution in [2.75, 3.05) is 13.1 Å². The summed E-state index contributed by atoms with van der Waals surface area (Å²) in [4.78, 5) is 15.3. The zero-order valence-electron chi connectivity index (χ0n) is 15.5. The van der Waals surface area contributed by atoms with Crippen molar-refractivity contribution in [2.24, 2.45) is 7.05 Å². The summed E-state index contributed by atoms with van der Waals surface area (Å²) in [6.45, 7) is 1.66. The molecule has 2 aliphatic rings. The third-order valence-electron chi connectivity index (χ3n) is 5.35. The molecule has 1 aromatic carbocycles. The monoisotopic (exact) mass is 387 g/mol. The highest BCUT2D eigenvalue weighted by Gasteiger charge is 2.35. The number of nitrogens with zero attached hydrogens (tertiary/aromatic N) is 3. The average molecular weight is 388 g/mol. The summed E-state index contributed by atoms with van der Waals surface area (Å²) in [5, 5.41) is 0. The van der Waals surface area contributed by atoms with Crippen LogP contribution in [0.25, 0.3) is 0 Å². The van der Waals surface area contributed by atoms with Gasteiger partial charge < -0.3 is 9.47 Å². The number of sulfonamides is 1. The topological polar surface area (TPSA) is 62.6 Å². The molecule has 6 nitrogen and oxygen atoms in total. The maximum absolute atomic E-state index is 13.2. The first kappa shape index (κ1) is 18.3. The van der Waals surface area contributed by atoms with E-state index in [-0.39, 0.29) is 16.8 Å². The second-order valence-corrected chi connectivity index (χ2v) is 9.37. The van der Waals surface area contributed by atoms with E-state index in [1.54, 1.807) is 17.8 Å². The number of aryl methyl sites for hydroxylation is 1. The van der Waals surface area contributed by atoms with E-state index in [4.69, 9.17) is 0 Å². The fourth-order valence-corrected chi connectivity index (χ4v) is 5.23. The normalized spacial score (nSPS) is 18.0. The van der Waals surface area contributed by atoms with Crippen LogP contribution in [0.5, 0.6) is 0 Å². The van der Waals surface area contributed by atoms with Gasteiger partial charge in [0, 0.05) is 38.9 Å². The van der Waals surface area contributed by atoms with Crippen molar-refractivity contribution < 1.29 is 13.2 Å². The molecule has 27 heavy (non-hydrogen) atoms. The Balaban J connectivity index is 1.60. The van der Waals surface area contributed by atoms with Gasteiger partial charge in [0.2, 0.25) is 10.0 Å². The van der Waals surface area contributed by atoms with E-state index in [1.807, 2.05) is 35.2 Å². The molecule has 2 heterocycles. The van der Waals surface area contributed by atoms with E-state index in [1.165, 1.54) is 10.4 Å². The number of amides is 1. The Labute approximate surface area is 160 Å². The minimum absolute atomic E-state index is 0.105. The van der Waals surface area contributed by atoms with Crippen LogP contribution in [0.2, 0.25) is 0 Å². The Morgan fingerprint density at radius 3 is 2.44 bits per heavy atom. The number of benzene rings is 1. The SMILES string of the molecule is Cn1cc(S(=O)(=O)N2CCCC2)cc1C(=O)N(Cc1ccccc1)C1CC1. The van der Waals surface area contributed by atoms with Gasteiger partial charge in [0.25, 0.3) is 5.91 Å². The van der Waals surface area contributed by atoms with Crippen LogP contribution in [0.15, 0.2) is 47.5 Å². The Bertz CT molecular complexity index is 927. The molecular formula is C20H25N3O3S. The van der Waals surface area contributed by atoms with Crippen molar-refractivity contribution in [3.8, 4) is 0 Å². The standard InChI is InChI=1S/C20H25N3O3S/c1-21-15-18(27(25,26)22-11-5-6-12-22)13-19(21)20(24)23(17-9-10-17)14-16-7-3-2-4-8-16/h2-4,7-8,13,15,17H,5-6,9-12,14H2,1H3. The second kappa shape index (κ2) is 7.13. The minimum Gasteiger partial charge on any atom is -0.345 e. The second-order valence-electron chi connectivity index (χ2n) is 7.43. The summed E-state index contributed by atoms with van der Waals surface area (Å²) in [7, 11) is -1.78. The van der Waals surface area contributed by atoms with Gasteiger partial charge in [0.1, 0.15) is 10.6 Å². The zero-order valence-corrected chi connectivity index (χ0v) is 16.4. The van der Waals surface area contributed by atoms with Gasteiger partial charge >= 0.3 is 0 Å². The fourth-order valence-electron chi connectivity index (χ4n) is 3.65. The van der Waals surface area contributed by atoms with Crippen molar-refractivity contribution >= 4 is 15.9 Å². The number of hydrogen-bond acceptors (Lipinski definition) is 3. The minimum atomic E-state index is -3.52. The number of aromatic nitrogens is 1. The van der Waals surface area contributed by atoms with Crippen LogP contribution in [-0.2, 0) is 23.6 Å². The van der Waals surface area contributed by atoms with Gasteiger partial charge in [-0.05, 0) is 37.3 Å². The van der Waals surface area contributed by atoms with Crippen LogP contribution in [0.3, 0.4) is 0 Å². The molecule has 0 N–H and O–H groups in total. The van der Waals surface area contributed by atoms with Gasteiger partial charge in [-0.3, -0.25) is 4.79 Å². The summed E-state index contributed by atoms with van der Waals surface area (Å²) in [6, 6.07) is 11.7. The molecular weight excluding hydrogens is 362 g/mol. The average Bonchev–Trinajstić information content (AvgIpc) is 3.17. The molecule has 0 bridgehead atoms. The lowest BCUT2D eigenvalue weighted by Crippen LogP contribution is -2.33. The molecule has 0 radical (unpaired) electrons. The first-order valence-electron chi connectivity index (χ1n) is 9.48. The zero-order chi connectivity index (χ0) is 19.0. The van der Waals surface area contributed by atoms with Crippen LogP contribution in [-0.4, -0.2) is 47.2 Å².